The highest BCUT2D eigenvalue weighted by atomic mass is 19.4. The number of carbonyl (C=O) groups is 1. The summed E-state index contributed by atoms with van der Waals surface area (Å²) in [5.74, 6) is 0.636. The van der Waals surface area contributed by atoms with E-state index in [4.69, 9.17) is 4.74 Å². The first kappa shape index (κ1) is 16.1. The third kappa shape index (κ3) is 3.30. The van der Waals surface area contributed by atoms with Gasteiger partial charge in [-0.25, -0.2) is 0 Å². The average Bonchev–Trinajstić information content (AvgIpc) is 2.43. The van der Waals surface area contributed by atoms with Gasteiger partial charge >= 0.3 is 6.18 Å². The van der Waals surface area contributed by atoms with Crippen molar-refractivity contribution in [2.24, 2.45) is 0 Å². The molecule has 0 radical (unpaired) electrons. The molecule has 0 aliphatic carbocycles. The normalized spacial score (nSPS) is 11.4. The van der Waals surface area contributed by atoms with E-state index in [1.54, 1.807) is 6.07 Å². The zero-order valence-corrected chi connectivity index (χ0v) is 12.4. The number of aldehydes is 1. The molecule has 0 saturated heterocycles. The Morgan fingerprint density at radius 2 is 1.68 bits per heavy atom. The molecule has 2 rings (SSSR count). The summed E-state index contributed by atoms with van der Waals surface area (Å²) in [7, 11) is 0. The Balaban J connectivity index is 2.44. The Bertz CT molecular complexity index is 719. The van der Waals surface area contributed by atoms with Gasteiger partial charge in [0, 0.05) is 0 Å². The van der Waals surface area contributed by atoms with E-state index >= 15 is 0 Å². The molecule has 5 heteroatoms. The van der Waals surface area contributed by atoms with Crippen LogP contribution < -0.4 is 4.74 Å². The van der Waals surface area contributed by atoms with Crippen LogP contribution in [0, 0.1) is 20.8 Å². The molecule has 0 unspecified atom stereocenters. The fraction of sp³-hybridized carbons (Fsp3) is 0.235. The molecule has 2 nitrogen and oxygen atoms in total. The van der Waals surface area contributed by atoms with Crippen molar-refractivity contribution in [1.82, 2.24) is 0 Å². The van der Waals surface area contributed by atoms with E-state index in [1.807, 2.05) is 26.8 Å². The molecular formula is C17H15F3O2. The lowest BCUT2D eigenvalue weighted by molar-refractivity contribution is -0.137. The van der Waals surface area contributed by atoms with Crippen molar-refractivity contribution in [3.05, 3.63) is 58.1 Å². The fourth-order valence-electron chi connectivity index (χ4n) is 2.14. The highest BCUT2D eigenvalue weighted by molar-refractivity contribution is 5.80. The first-order valence-corrected chi connectivity index (χ1v) is 6.64. The van der Waals surface area contributed by atoms with Crippen LogP contribution in [0.3, 0.4) is 0 Å². The van der Waals surface area contributed by atoms with Crippen LogP contribution in [0.4, 0.5) is 13.2 Å². The van der Waals surface area contributed by atoms with Gasteiger partial charge in [-0.05, 0) is 61.7 Å². The molecule has 2 aromatic rings. The summed E-state index contributed by atoms with van der Waals surface area (Å²) in [5, 5.41) is 0. The number of halogens is 3. The molecule has 0 aromatic heterocycles. The Kier molecular flexibility index (Phi) is 4.26. The standard InChI is InChI=1S/C17H15F3O2/c1-10-6-11(2)12(3)16(7-10)22-15-5-4-14(17(18,19)20)8-13(15)9-21/h4-9H,1-3H3. The lowest BCUT2D eigenvalue weighted by atomic mass is 10.1. The minimum atomic E-state index is -4.49. The number of alkyl halides is 3. The highest BCUT2D eigenvalue weighted by Gasteiger charge is 2.31. The quantitative estimate of drug-likeness (QED) is 0.725. The number of benzene rings is 2. The highest BCUT2D eigenvalue weighted by Crippen LogP contribution is 2.35. The van der Waals surface area contributed by atoms with Crippen LogP contribution in [0.5, 0.6) is 11.5 Å². The summed E-state index contributed by atoms with van der Waals surface area (Å²) in [6.07, 6.45) is -4.13. The van der Waals surface area contributed by atoms with E-state index in [2.05, 4.69) is 0 Å². The molecule has 0 fully saturated rings. The van der Waals surface area contributed by atoms with Crippen molar-refractivity contribution in [3.8, 4) is 11.5 Å². The van der Waals surface area contributed by atoms with Gasteiger partial charge in [0.05, 0.1) is 11.1 Å². The first-order valence-electron chi connectivity index (χ1n) is 6.64. The number of hydrogen-bond acceptors (Lipinski definition) is 2. The second kappa shape index (κ2) is 5.83. The molecule has 0 aliphatic heterocycles. The largest absolute Gasteiger partial charge is 0.456 e. The van der Waals surface area contributed by atoms with Gasteiger partial charge < -0.3 is 4.74 Å². The van der Waals surface area contributed by atoms with E-state index < -0.39 is 11.7 Å². The van der Waals surface area contributed by atoms with Crippen LogP contribution in [0.25, 0.3) is 0 Å². The maximum Gasteiger partial charge on any atom is 0.416 e. The number of carbonyl (C=O) groups excluding carboxylic acids is 1. The van der Waals surface area contributed by atoms with Gasteiger partial charge in [-0.15, -0.1) is 0 Å². The van der Waals surface area contributed by atoms with Crippen molar-refractivity contribution in [2.75, 3.05) is 0 Å². The Morgan fingerprint density at radius 1 is 1.00 bits per heavy atom. The predicted octanol–water partition coefficient (Wildman–Crippen LogP) is 5.24. The minimum Gasteiger partial charge on any atom is -0.456 e. The van der Waals surface area contributed by atoms with Crippen LogP contribution in [0.2, 0.25) is 0 Å². The van der Waals surface area contributed by atoms with Gasteiger partial charge in [-0.3, -0.25) is 4.79 Å². The van der Waals surface area contributed by atoms with Gasteiger partial charge in [0.1, 0.15) is 11.5 Å². The second-order valence-corrected chi connectivity index (χ2v) is 5.18. The van der Waals surface area contributed by atoms with Gasteiger partial charge in [0.15, 0.2) is 6.29 Å². The Morgan fingerprint density at radius 3 is 2.27 bits per heavy atom. The monoisotopic (exact) mass is 308 g/mol. The van der Waals surface area contributed by atoms with Gasteiger partial charge in [0.25, 0.3) is 0 Å². The zero-order valence-electron chi connectivity index (χ0n) is 12.4. The molecule has 0 amide bonds. The molecule has 0 atom stereocenters. The third-order valence-corrected chi connectivity index (χ3v) is 3.45. The summed E-state index contributed by atoms with van der Waals surface area (Å²) < 4.78 is 43.7. The van der Waals surface area contributed by atoms with Crippen LogP contribution in [0.15, 0.2) is 30.3 Å². The smallest absolute Gasteiger partial charge is 0.416 e. The molecule has 22 heavy (non-hydrogen) atoms. The predicted molar refractivity (Wildman–Crippen MR) is 77.6 cm³/mol. The minimum absolute atomic E-state index is 0.108. The molecule has 0 spiro atoms. The molecule has 0 heterocycles. The van der Waals surface area contributed by atoms with E-state index in [0.29, 0.717) is 12.0 Å². The summed E-state index contributed by atoms with van der Waals surface area (Å²) in [6.45, 7) is 5.67. The Labute approximate surface area is 126 Å². The molecule has 0 bridgehead atoms. The molecular weight excluding hydrogens is 293 g/mol. The average molecular weight is 308 g/mol. The van der Waals surface area contributed by atoms with Gasteiger partial charge in [0.2, 0.25) is 0 Å². The lowest BCUT2D eigenvalue weighted by Crippen LogP contribution is -2.06. The van der Waals surface area contributed by atoms with Crippen LogP contribution in [-0.2, 0) is 6.18 Å². The molecule has 2 aromatic carbocycles. The van der Waals surface area contributed by atoms with Crippen molar-refractivity contribution < 1.29 is 22.7 Å². The molecule has 0 aliphatic rings. The van der Waals surface area contributed by atoms with Crippen LogP contribution in [-0.4, -0.2) is 6.29 Å². The molecule has 0 N–H and O–H groups in total. The van der Waals surface area contributed by atoms with Gasteiger partial charge in [-0.2, -0.15) is 13.2 Å². The van der Waals surface area contributed by atoms with Crippen LogP contribution in [0.1, 0.15) is 32.6 Å². The van der Waals surface area contributed by atoms with Crippen molar-refractivity contribution in [1.29, 1.82) is 0 Å². The van der Waals surface area contributed by atoms with E-state index in [-0.39, 0.29) is 11.3 Å². The summed E-state index contributed by atoms with van der Waals surface area (Å²) in [4.78, 5) is 11.1. The molecule has 116 valence electrons. The lowest BCUT2D eigenvalue weighted by Gasteiger charge is -2.14. The first-order chi connectivity index (χ1) is 10.2. The maximum absolute atomic E-state index is 12.7. The molecule has 0 saturated carbocycles. The van der Waals surface area contributed by atoms with Crippen LogP contribution >= 0.6 is 0 Å². The maximum atomic E-state index is 12.7. The number of rotatable bonds is 3. The SMILES string of the molecule is Cc1cc(C)c(C)c(Oc2ccc(C(F)(F)F)cc2C=O)c1. The topological polar surface area (TPSA) is 26.3 Å². The third-order valence-electron chi connectivity index (χ3n) is 3.45. The summed E-state index contributed by atoms with van der Waals surface area (Å²) in [5.41, 5.74) is 1.85. The number of aryl methyl sites for hydroxylation is 2. The van der Waals surface area contributed by atoms with E-state index in [0.717, 1.165) is 28.8 Å². The van der Waals surface area contributed by atoms with E-state index in [9.17, 15) is 18.0 Å². The zero-order chi connectivity index (χ0) is 16.5. The van der Waals surface area contributed by atoms with Crippen molar-refractivity contribution in [3.63, 3.8) is 0 Å². The number of ether oxygens (including phenoxy) is 1. The van der Waals surface area contributed by atoms with Crippen molar-refractivity contribution >= 4 is 6.29 Å². The second-order valence-electron chi connectivity index (χ2n) is 5.18. The van der Waals surface area contributed by atoms with Gasteiger partial charge in [-0.1, -0.05) is 6.07 Å². The summed E-state index contributed by atoms with van der Waals surface area (Å²) >= 11 is 0. The van der Waals surface area contributed by atoms with Crippen molar-refractivity contribution in [2.45, 2.75) is 26.9 Å². The Hall–Kier alpha value is -2.30. The van der Waals surface area contributed by atoms with E-state index in [1.165, 1.54) is 6.07 Å². The summed E-state index contributed by atoms with van der Waals surface area (Å²) in [6, 6.07) is 6.63. The number of hydrogen-bond donors (Lipinski definition) is 0. The fourth-order valence-corrected chi connectivity index (χ4v) is 2.14.